The minimum Gasteiger partial charge on any atom is -0.484 e. The van der Waals surface area contributed by atoms with Crippen LogP contribution in [0, 0.1) is 18.3 Å². The number of nitrogens with one attached hydrogen (secondary N) is 2. The molecule has 35 heavy (non-hydrogen) atoms. The van der Waals surface area contributed by atoms with Crippen LogP contribution in [0.3, 0.4) is 0 Å². The largest absolute Gasteiger partial charge is 0.484 e. The summed E-state index contributed by atoms with van der Waals surface area (Å²) in [6.45, 7) is 8.51. The maximum atomic E-state index is 13.4. The summed E-state index contributed by atoms with van der Waals surface area (Å²) in [6, 6.07) is 7.05. The molecule has 2 atom stereocenters. The molecule has 4 rings (SSSR count). The van der Waals surface area contributed by atoms with Gasteiger partial charge in [0.05, 0.1) is 17.1 Å². The summed E-state index contributed by atoms with van der Waals surface area (Å²) < 4.78 is 29.4. The van der Waals surface area contributed by atoms with Gasteiger partial charge in [-0.2, -0.15) is 0 Å². The Balaban J connectivity index is 1.54. The van der Waals surface area contributed by atoms with E-state index in [-0.39, 0.29) is 35.3 Å². The Morgan fingerprint density at radius 3 is 2.49 bits per heavy atom. The quantitative estimate of drug-likeness (QED) is 0.599. The van der Waals surface area contributed by atoms with Crippen molar-refractivity contribution >= 4 is 38.0 Å². The van der Waals surface area contributed by atoms with Crippen LogP contribution in [0.2, 0.25) is 0 Å². The molecule has 2 aromatic rings. The molecule has 1 fully saturated rings. The van der Waals surface area contributed by atoms with Gasteiger partial charge in [-0.15, -0.1) is 11.3 Å². The van der Waals surface area contributed by atoms with E-state index in [2.05, 4.69) is 31.4 Å². The Labute approximate surface area is 211 Å². The average molecular weight is 519 g/mol. The minimum absolute atomic E-state index is 0.0384. The van der Waals surface area contributed by atoms with E-state index in [0.29, 0.717) is 28.7 Å². The fourth-order valence-corrected chi connectivity index (χ4v) is 7.78. The van der Waals surface area contributed by atoms with Gasteiger partial charge in [0, 0.05) is 10.9 Å². The molecule has 2 aliphatic rings. The molecule has 2 heterocycles. The monoisotopic (exact) mass is 518 g/mol. The Bertz CT molecular complexity index is 1210. The molecule has 0 spiro atoms. The summed E-state index contributed by atoms with van der Waals surface area (Å²) in [4.78, 5) is 27.2. The Morgan fingerprint density at radius 2 is 1.86 bits per heavy atom. The van der Waals surface area contributed by atoms with Crippen LogP contribution in [0.15, 0.2) is 24.3 Å². The molecule has 1 aromatic carbocycles. The van der Waals surface area contributed by atoms with Crippen LogP contribution < -0.4 is 15.4 Å². The third-order valence-corrected chi connectivity index (χ3v) is 9.87. The lowest BCUT2D eigenvalue weighted by atomic mass is 9.72. The average Bonchev–Trinajstić information content (AvgIpc) is 3.30. The zero-order valence-electron chi connectivity index (χ0n) is 20.8. The third-order valence-electron chi connectivity index (χ3n) is 6.93. The zero-order valence-corrected chi connectivity index (χ0v) is 22.4. The number of ether oxygens (including phenoxy) is 1. The molecular weight excluding hydrogens is 484 g/mol. The molecule has 2 amide bonds. The first-order valence-electron chi connectivity index (χ1n) is 12.1. The van der Waals surface area contributed by atoms with Crippen LogP contribution in [0.5, 0.6) is 5.75 Å². The number of aryl methyl sites for hydroxylation is 1. The second-order valence-electron chi connectivity index (χ2n) is 10.7. The van der Waals surface area contributed by atoms with E-state index in [1.807, 2.05) is 31.2 Å². The van der Waals surface area contributed by atoms with Gasteiger partial charge in [-0.3, -0.25) is 9.59 Å². The van der Waals surface area contributed by atoms with Crippen LogP contribution >= 0.6 is 11.3 Å². The van der Waals surface area contributed by atoms with Crippen LogP contribution in [-0.4, -0.2) is 44.4 Å². The molecule has 1 aliphatic heterocycles. The lowest BCUT2D eigenvalue weighted by Crippen LogP contribution is -2.36. The van der Waals surface area contributed by atoms with Gasteiger partial charge in [0.25, 0.3) is 11.8 Å². The SMILES string of the molecule is Cc1ccc(OCC(=O)Nc2sc3c(c2C(=O)N[C@H]2CCS(=O)(=O)C2)CC[C@@H](C(C)(C)C)C3)cc1. The smallest absolute Gasteiger partial charge is 0.262 e. The number of sulfone groups is 1. The topological polar surface area (TPSA) is 102 Å². The summed E-state index contributed by atoms with van der Waals surface area (Å²) in [6.07, 6.45) is 3.00. The number of carbonyl (C=O) groups is 2. The first kappa shape index (κ1) is 25.7. The molecule has 1 saturated heterocycles. The van der Waals surface area contributed by atoms with Crippen LogP contribution in [0.25, 0.3) is 0 Å². The van der Waals surface area contributed by atoms with E-state index in [0.717, 1.165) is 35.3 Å². The number of carbonyl (C=O) groups excluding carboxylic acids is 2. The van der Waals surface area contributed by atoms with Crippen molar-refractivity contribution in [3.63, 3.8) is 0 Å². The fraction of sp³-hybridized carbons (Fsp3) is 0.538. The van der Waals surface area contributed by atoms with Gasteiger partial charge in [-0.25, -0.2) is 8.42 Å². The number of benzene rings is 1. The number of rotatable bonds is 6. The van der Waals surface area contributed by atoms with Crippen molar-refractivity contribution in [2.75, 3.05) is 23.4 Å². The number of hydrogen-bond donors (Lipinski definition) is 2. The molecule has 2 N–H and O–H groups in total. The van der Waals surface area contributed by atoms with Gasteiger partial charge in [0.1, 0.15) is 10.8 Å². The summed E-state index contributed by atoms with van der Waals surface area (Å²) >= 11 is 1.45. The van der Waals surface area contributed by atoms with Gasteiger partial charge in [-0.05, 0) is 61.6 Å². The van der Waals surface area contributed by atoms with Crippen molar-refractivity contribution < 1.29 is 22.7 Å². The van der Waals surface area contributed by atoms with Gasteiger partial charge < -0.3 is 15.4 Å². The highest BCUT2D eigenvalue weighted by Gasteiger charge is 2.36. The van der Waals surface area contributed by atoms with Crippen molar-refractivity contribution in [2.24, 2.45) is 11.3 Å². The minimum atomic E-state index is -3.11. The predicted molar refractivity (Wildman–Crippen MR) is 139 cm³/mol. The highest BCUT2D eigenvalue weighted by molar-refractivity contribution is 7.91. The van der Waals surface area contributed by atoms with Gasteiger partial charge >= 0.3 is 0 Å². The molecule has 0 radical (unpaired) electrons. The number of hydrogen-bond acceptors (Lipinski definition) is 6. The van der Waals surface area contributed by atoms with Crippen LogP contribution in [-0.2, 0) is 27.5 Å². The number of thiophene rings is 1. The van der Waals surface area contributed by atoms with Crippen molar-refractivity contribution in [3.05, 3.63) is 45.8 Å². The second-order valence-corrected chi connectivity index (χ2v) is 14.1. The number of fused-ring (bicyclic) bond motifs is 1. The maximum absolute atomic E-state index is 13.4. The Kier molecular flexibility index (Phi) is 7.29. The number of anilines is 1. The van der Waals surface area contributed by atoms with E-state index in [4.69, 9.17) is 4.74 Å². The standard InChI is InChI=1S/C26H34N2O5S2/c1-16-5-8-19(9-6-16)33-14-22(29)28-25-23(24(30)27-18-11-12-35(31,32)15-18)20-10-7-17(26(2,3)4)13-21(20)34-25/h5-6,8-9,17-18H,7,10-15H2,1-4H3,(H,27,30)(H,28,29)/t17-,18+/m1/s1. The van der Waals surface area contributed by atoms with Crippen molar-refractivity contribution in [1.29, 1.82) is 0 Å². The van der Waals surface area contributed by atoms with E-state index in [9.17, 15) is 18.0 Å². The lowest BCUT2D eigenvalue weighted by Gasteiger charge is -2.33. The summed E-state index contributed by atoms with van der Waals surface area (Å²) in [7, 11) is -3.11. The maximum Gasteiger partial charge on any atom is 0.262 e. The first-order valence-corrected chi connectivity index (χ1v) is 14.7. The Hall–Kier alpha value is -2.39. The highest BCUT2D eigenvalue weighted by Crippen LogP contribution is 2.44. The predicted octanol–water partition coefficient (Wildman–Crippen LogP) is 4.14. The molecular formula is C26H34N2O5S2. The molecule has 1 aliphatic carbocycles. The van der Waals surface area contributed by atoms with Gasteiger partial charge in [0.15, 0.2) is 16.4 Å². The highest BCUT2D eigenvalue weighted by atomic mass is 32.2. The molecule has 1 aromatic heterocycles. The number of amides is 2. The van der Waals surface area contributed by atoms with E-state index in [1.54, 1.807) is 0 Å². The third kappa shape index (κ3) is 6.25. The molecule has 9 heteroatoms. The van der Waals surface area contributed by atoms with Crippen molar-refractivity contribution in [3.8, 4) is 5.75 Å². The van der Waals surface area contributed by atoms with Crippen molar-refractivity contribution in [1.82, 2.24) is 5.32 Å². The lowest BCUT2D eigenvalue weighted by molar-refractivity contribution is -0.118. The Morgan fingerprint density at radius 1 is 1.14 bits per heavy atom. The summed E-state index contributed by atoms with van der Waals surface area (Å²) in [5.74, 6) is 0.487. The molecule has 7 nitrogen and oxygen atoms in total. The van der Waals surface area contributed by atoms with Crippen LogP contribution in [0.4, 0.5) is 5.00 Å². The van der Waals surface area contributed by atoms with Gasteiger partial charge in [-0.1, -0.05) is 38.5 Å². The van der Waals surface area contributed by atoms with Crippen LogP contribution in [0.1, 0.15) is 60.0 Å². The summed E-state index contributed by atoms with van der Waals surface area (Å²) in [5, 5.41) is 6.33. The fourth-order valence-electron chi connectivity index (χ4n) is 4.77. The van der Waals surface area contributed by atoms with E-state index < -0.39 is 15.9 Å². The molecule has 0 saturated carbocycles. The van der Waals surface area contributed by atoms with Gasteiger partial charge in [0.2, 0.25) is 0 Å². The zero-order chi connectivity index (χ0) is 25.4. The normalized spacial score (nSPS) is 21.3. The van der Waals surface area contributed by atoms with Crippen molar-refractivity contribution in [2.45, 2.75) is 59.4 Å². The van der Waals surface area contributed by atoms with E-state index >= 15 is 0 Å². The summed E-state index contributed by atoms with van der Waals surface area (Å²) in [5.41, 5.74) is 2.70. The first-order chi connectivity index (χ1) is 16.4. The molecule has 190 valence electrons. The molecule has 0 bridgehead atoms. The van der Waals surface area contributed by atoms with E-state index in [1.165, 1.54) is 11.3 Å². The molecule has 0 unspecified atom stereocenters. The second kappa shape index (κ2) is 9.93.